The molecule has 32 heavy (non-hydrogen) atoms. The lowest BCUT2D eigenvalue weighted by Gasteiger charge is -2.15. The van der Waals surface area contributed by atoms with Crippen LogP contribution < -0.4 is 4.74 Å². The lowest BCUT2D eigenvalue weighted by atomic mass is 9.98. The average molecular weight is 466 g/mol. The normalized spacial score (nSPS) is 13.4. The molecule has 5 nitrogen and oxygen atoms in total. The summed E-state index contributed by atoms with van der Waals surface area (Å²) < 4.78 is 34.4. The molecule has 0 radical (unpaired) electrons. The van der Waals surface area contributed by atoms with E-state index in [0.717, 1.165) is 12.3 Å². The van der Waals surface area contributed by atoms with Crippen LogP contribution in [0.4, 0.5) is 8.78 Å². The van der Waals surface area contributed by atoms with Crippen molar-refractivity contribution in [2.75, 3.05) is 13.7 Å². The molecule has 1 atom stereocenters. The molecule has 172 valence electrons. The van der Waals surface area contributed by atoms with Crippen molar-refractivity contribution in [3.05, 3.63) is 69.3 Å². The second-order valence-corrected chi connectivity index (χ2v) is 8.03. The highest BCUT2D eigenvalue weighted by atomic mass is 35.5. The van der Waals surface area contributed by atoms with Crippen LogP contribution >= 0.6 is 11.6 Å². The molecule has 0 saturated carbocycles. The van der Waals surface area contributed by atoms with Crippen molar-refractivity contribution < 1.29 is 28.5 Å². The highest BCUT2D eigenvalue weighted by Crippen LogP contribution is 2.31. The van der Waals surface area contributed by atoms with E-state index in [1.54, 1.807) is 6.07 Å². The maximum absolute atomic E-state index is 14.8. The van der Waals surface area contributed by atoms with Gasteiger partial charge in [0, 0.05) is 18.7 Å². The average Bonchev–Trinajstić information content (AvgIpc) is 2.74. The third-order valence-electron chi connectivity index (χ3n) is 5.02. The lowest BCUT2D eigenvalue weighted by molar-refractivity contribution is -0.113. The second kappa shape index (κ2) is 11.2. The number of benzene rings is 2. The molecule has 0 unspecified atom stereocenters. The van der Waals surface area contributed by atoms with E-state index in [9.17, 15) is 23.8 Å². The number of aliphatic imine (C=N–C) groups is 1. The molecule has 0 saturated heterocycles. The summed E-state index contributed by atoms with van der Waals surface area (Å²) in [5.41, 5.74) is 0.165. The SMILES string of the molecule is COc1cc(F)c(C(O)=C(C=N[C@H](CO)C(C)C)C(C)=O)cc1Cc1cccc(Cl)c1F. The summed E-state index contributed by atoms with van der Waals surface area (Å²) in [5, 5.41) is 20.1. The molecule has 0 amide bonds. The van der Waals surface area contributed by atoms with E-state index >= 15 is 0 Å². The van der Waals surface area contributed by atoms with Crippen LogP contribution in [0.1, 0.15) is 37.5 Å². The Bertz CT molecular complexity index is 1050. The molecule has 2 aromatic rings. The van der Waals surface area contributed by atoms with Gasteiger partial charge in [0.15, 0.2) is 5.78 Å². The number of rotatable bonds is 9. The van der Waals surface area contributed by atoms with Crippen LogP contribution in [0.25, 0.3) is 5.76 Å². The van der Waals surface area contributed by atoms with Crippen molar-refractivity contribution in [1.82, 2.24) is 0 Å². The Morgan fingerprint density at radius 3 is 2.50 bits per heavy atom. The van der Waals surface area contributed by atoms with Gasteiger partial charge < -0.3 is 14.9 Å². The summed E-state index contributed by atoms with van der Waals surface area (Å²) >= 11 is 5.85. The minimum Gasteiger partial charge on any atom is -0.506 e. The third kappa shape index (κ3) is 5.93. The van der Waals surface area contributed by atoms with Crippen LogP contribution in [0.2, 0.25) is 5.02 Å². The van der Waals surface area contributed by atoms with Crippen molar-refractivity contribution in [1.29, 1.82) is 0 Å². The monoisotopic (exact) mass is 465 g/mol. The minimum absolute atomic E-state index is 0.0106. The first kappa shape index (κ1) is 25.5. The van der Waals surface area contributed by atoms with E-state index in [1.807, 2.05) is 13.8 Å². The van der Waals surface area contributed by atoms with Gasteiger partial charge in [0.25, 0.3) is 0 Å². The Hall–Kier alpha value is -2.77. The van der Waals surface area contributed by atoms with Crippen LogP contribution in [0.3, 0.4) is 0 Å². The van der Waals surface area contributed by atoms with Crippen LogP contribution in [-0.4, -0.2) is 42.0 Å². The molecule has 2 rings (SSSR count). The standard InChI is InChI=1S/C24H26ClF2NO4/c1-13(2)21(12-29)28-11-18(14(3)30)24(31)17-9-16(22(32-4)10-20(17)26)8-15-6-5-7-19(25)23(15)27/h5-7,9-11,13,21,29,31H,8,12H2,1-4H3/t21-/m1/s1. The Labute approximate surface area is 191 Å². The number of ketones is 1. The molecule has 0 aromatic heterocycles. The number of carbonyl (C=O) groups is 1. The van der Waals surface area contributed by atoms with Crippen LogP contribution in [0.15, 0.2) is 40.9 Å². The maximum Gasteiger partial charge on any atom is 0.165 e. The number of allylic oxidation sites excluding steroid dienone is 1. The number of carbonyl (C=O) groups excluding carboxylic acids is 1. The van der Waals surface area contributed by atoms with Gasteiger partial charge in [-0.05, 0) is 36.1 Å². The zero-order valence-corrected chi connectivity index (χ0v) is 19.1. The molecular weight excluding hydrogens is 440 g/mol. The number of hydrogen-bond acceptors (Lipinski definition) is 5. The van der Waals surface area contributed by atoms with Gasteiger partial charge in [0.05, 0.1) is 35.9 Å². The Morgan fingerprint density at radius 2 is 1.94 bits per heavy atom. The quantitative estimate of drug-likeness (QED) is 0.304. The molecule has 2 aromatic carbocycles. The van der Waals surface area contributed by atoms with Crippen molar-refractivity contribution in [3.63, 3.8) is 0 Å². The first-order chi connectivity index (χ1) is 15.1. The number of aliphatic hydroxyl groups is 2. The van der Waals surface area contributed by atoms with Crippen molar-refractivity contribution in [2.45, 2.75) is 33.2 Å². The van der Waals surface area contributed by atoms with E-state index in [2.05, 4.69) is 4.99 Å². The topological polar surface area (TPSA) is 79.1 Å². The lowest BCUT2D eigenvalue weighted by Crippen LogP contribution is -2.18. The van der Waals surface area contributed by atoms with Gasteiger partial charge in [-0.25, -0.2) is 8.78 Å². The molecule has 0 spiro atoms. The molecule has 0 heterocycles. The first-order valence-corrected chi connectivity index (χ1v) is 10.4. The molecule has 0 aliphatic carbocycles. The fourth-order valence-corrected chi connectivity index (χ4v) is 3.26. The second-order valence-electron chi connectivity index (χ2n) is 7.62. The van der Waals surface area contributed by atoms with Gasteiger partial charge in [-0.2, -0.15) is 0 Å². The Kier molecular flexibility index (Phi) is 8.92. The predicted octanol–water partition coefficient (Wildman–Crippen LogP) is 5.16. The number of ether oxygens (including phenoxy) is 1. The fourth-order valence-electron chi connectivity index (χ4n) is 3.06. The van der Waals surface area contributed by atoms with Crippen molar-refractivity contribution in [3.8, 4) is 5.75 Å². The molecular formula is C24H26ClF2NO4. The summed E-state index contributed by atoms with van der Waals surface area (Å²) in [7, 11) is 1.34. The molecule has 0 fully saturated rings. The van der Waals surface area contributed by atoms with Crippen LogP contribution in [-0.2, 0) is 11.2 Å². The van der Waals surface area contributed by atoms with Crippen LogP contribution in [0.5, 0.6) is 5.75 Å². The van der Waals surface area contributed by atoms with E-state index < -0.39 is 29.2 Å². The molecule has 0 aliphatic heterocycles. The van der Waals surface area contributed by atoms with Crippen molar-refractivity contribution >= 4 is 29.4 Å². The van der Waals surface area contributed by atoms with E-state index in [4.69, 9.17) is 16.3 Å². The summed E-state index contributed by atoms with van der Waals surface area (Å²) in [6.07, 6.45) is 1.15. The smallest absolute Gasteiger partial charge is 0.165 e. The van der Waals surface area contributed by atoms with E-state index in [1.165, 1.54) is 32.2 Å². The van der Waals surface area contributed by atoms with Gasteiger partial charge >= 0.3 is 0 Å². The van der Waals surface area contributed by atoms with Gasteiger partial charge in [-0.3, -0.25) is 9.79 Å². The first-order valence-electron chi connectivity index (χ1n) is 9.98. The van der Waals surface area contributed by atoms with Gasteiger partial charge in [-0.1, -0.05) is 37.6 Å². The van der Waals surface area contributed by atoms with Gasteiger partial charge in [0.1, 0.15) is 23.1 Å². The zero-order chi connectivity index (χ0) is 24.0. The third-order valence-corrected chi connectivity index (χ3v) is 5.32. The molecule has 0 bridgehead atoms. The maximum atomic E-state index is 14.8. The highest BCUT2D eigenvalue weighted by molar-refractivity contribution is 6.30. The molecule has 0 aliphatic rings. The number of aliphatic hydroxyl groups excluding tert-OH is 2. The highest BCUT2D eigenvalue weighted by Gasteiger charge is 2.20. The largest absolute Gasteiger partial charge is 0.506 e. The van der Waals surface area contributed by atoms with Gasteiger partial charge in [-0.15, -0.1) is 0 Å². The number of halogens is 3. The number of nitrogens with zero attached hydrogens (tertiary/aromatic N) is 1. The Morgan fingerprint density at radius 1 is 1.25 bits per heavy atom. The van der Waals surface area contributed by atoms with E-state index in [0.29, 0.717) is 5.56 Å². The summed E-state index contributed by atoms with van der Waals surface area (Å²) in [6.45, 7) is 4.66. The van der Waals surface area contributed by atoms with Crippen LogP contribution in [0, 0.1) is 17.6 Å². The van der Waals surface area contributed by atoms with Crippen molar-refractivity contribution in [2.24, 2.45) is 10.9 Å². The fraction of sp³-hybridized carbons (Fsp3) is 0.333. The summed E-state index contributed by atoms with van der Waals surface area (Å²) in [4.78, 5) is 16.3. The number of hydrogen-bond donors (Lipinski definition) is 2. The number of methoxy groups -OCH3 is 1. The summed E-state index contributed by atoms with van der Waals surface area (Å²) in [6, 6.07) is 6.41. The summed E-state index contributed by atoms with van der Waals surface area (Å²) in [5.74, 6) is -2.45. The minimum atomic E-state index is -0.829. The molecule has 8 heteroatoms. The van der Waals surface area contributed by atoms with E-state index in [-0.39, 0.29) is 46.4 Å². The van der Waals surface area contributed by atoms with Gasteiger partial charge in [0.2, 0.25) is 0 Å². The number of Topliss-reactive ketones (excluding diaryl/α,β-unsaturated/α-hetero) is 1. The predicted molar refractivity (Wildman–Crippen MR) is 122 cm³/mol. The Balaban J connectivity index is 2.59. The molecule has 2 N–H and O–H groups in total. The zero-order valence-electron chi connectivity index (χ0n) is 18.3.